The second-order valence-corrected chi connectivity index (χ2v) is 12.6. The number of aliphatic carboxylic acids is 1. The van der Waals surface area contributed by atoms with Gasteiger partial charge in [-0.1, -0.05) is 30.7 Å². The number of carbonyl (C=O) groups excluding carboxylic acids is 1. The van der Waals surface area contributed by atoms with Crippen molar-refractivity contribution >= 4 is 23.3 Å². The van der Waals surface area contributed by atoms with Crippen molar-refractivity contribution < 1.29 is 33.8 Å². The predicted octanol–water partition coefficient (Wildman–Crippen LogP) is 4.28. The monoisotopic (exact) mass is 603 g/mol. The zero-order chi connectivity index (χ0) is 30.9. The van der Waals surface area contributed by atoms with Gasteiger partial charge in [-0.3, -0.25) is 24.6 Å². The van der Waals surface area contributed by atoms with Crippen LogP contribution in [0.5, 0.6) is 11.5 Å². The van der Waals surface area contributed by atoms with Crippen molar-refractivity contribution in [1.29, 1.82) is 0 Å². The Labute approximate surface area is 255 Å². The summed E-state index contributed by atoms with van der Waals surface area (Å²) in [5.74, 6) is 1.07. The number of carboxylic acids is 1. The molecule has 1 spiro atoms. The number of hydrogen-bond acceptors (Lipinski definition) is 8. The summed E-state index contributed by atoms with van der Waals surface area (Å²) in [6.07, 6.45) is 5.57. The summed E-state index contributed by atoms with van der Waals surface area (Å²) < 4.78 is 17.6. The Kier molecular flexibility index (Phi) is 6.93. The van der Waals surface area contributed by atoms with Gasteiger partial charge < -0.3 is 24.2 Å². The van der Waals surface area contributed by atoms with Gasteiger partial charge in [0.25, 0.3) is 5.69 Å². The number of fused-ring (bicyclic) bond motifs is 2. The Morgan fingerprint density at radius 1 is 1.20 bits per heavy atom. The van der Waals surface area contributed by atoms with Crippen LogP contribution in [-0.4, -0.2) is 78.9 Å². The average Bonchev–Trinajstić information content (AvgIpc) is 3.48. The Balaban J connectivity index is 0.000000178. The van der Waals surface area contributed by atoms with Crippen molar-refractivity contribution in [3.63, 3.8) is 0 Å². The third kappa shape index (κ3) is 4.01. The molecule has 2 bridgehead atoms. The second kappa shape index (κ2) is 10.6. The number of benzene rings is 2. The van der Waals surface area contributed by atoms with E-state index in [1.165, 1.54) is 36.2 Å². The van der Waals surface area contributed by atoms with Crippen LogP contribution in [-0.2, 0) is 19.7 Å². The maximum absolute atomic E-state index is 13.5. The van der Waals surface area contributed by atoms with Crippen LogP contribution in [0.25, 0.3) is 0 Å². The van der Waals surface area contributed by atoms with E-state index < -0.39 is 16.8 Å². The van der Waals surface area contributed by atoms with Crippen LogP contribution in [0.4, 0.5) is 11.4 Å². The van der Waals surface area contributed by atoms with Crippen molar-refractivity contribution in [2.24, 2.45) is 11.8 Å². The van der Waals surface area contributed by atoms with Crippen molar-refractivity contribution in [3.8, 4) is 11.5 Å². The molecule has 0 radical (unpaired) electrons. The first-order valence-electron chi connectivity index (χ1n) is 15.3. The number of piperidine rings is 2. The summed E-state index contributed by atoms with van der Waals surface area (Å²) in [5, 5.41) is 19.2. The van der Waals surface area contributed by atoms with Gasteiger partial charge in [0.2, 0.25) is 5.91 Å². The normalized spacial score (nSPS) is 31.2. The molecule has 1 aliphatic carbocycles. The standard InChI is InChI=1S/C23H26N2O4.C10H11NO4/c1-27-16-8-14-15(9-17(16)28-2)25-20(26)10-18-21-13-7-19-23(14,22(21)25)4-5-24(19)11-12(13)3-6-29-18;1-2-9(10(12)13)7-3-5-8(6-4-7)11(14)15/h3,8-9,13,18-19,21-22H,4-7,10-11H2,1-2H3;3-6,9H,2H2,1H3,(H,12,13). The number of carbonyl (C=O) groups is 2. The van der Waals surface area contributed by atoms with Gasteiger partial charge in [0.15, 0.2) is 11.5 Å². The fourth-order valence-electron chi connectivity index (χ4n) is 9.25. The summed E-state index contributed by atoms with van der Waals surface area (Å²) in [5.41, 5.74) is 4.42. The topological polar surface area (TPSA) is 132 Å². The molecule has 2 aromatic rings. The molecule has 0 aromatic heterocycles. The van der Waals surface area contributed by atoms with Crippen LogP contribution in [0.1, 0.15) is 49.7 Å². The number of amides is 1. The van der Waals surface area contributed by atoms with Crippen LogP contribution in [0.3, 0.4) is 0 Å². The largest absolute Gasteiger partial charge is 0.493 e. The Morgan fingerprint density at radius 2 is 1.93 bits per heavy atom. The fraction of sp³-hybridized carbons (Fsp3) is 0.515. The quantitative estimate of drug-likeness (QED) is 0.292. The molecule has 1 amide bonds. The van der Waals surface area contributed by atoms with E-state index in [1.807, 2.05) is 6.07 Å². The molecule has 44 heavy (non-hydrogen) atoms. The number of rotatable bonds is 6. The third-order valence-corrected chi connectivity index (χ3v) is 11.0. The highest BCUT2D eigenvalue weighted by Crippen LogP contribution is 2.66. The zero-order valence-electron chi connectivity index (χ0n) is 25.1. The molecular weight excluding hydrogens is 566 g/mol. The second-order valence-electron chi connectivity index (χ2n) is 12.6. The van der Waals surface area contributed by atoms with Crippen LogP contribution in [0, 0.1) is 22.0 Å². The Hall–Kier alpha value is -3.96. The van der Waals surface area contributed by atoms with Gasteiger partial charge >= 0.3 is 5.97 Å². The van der Waals surface area contributed by atoms with E-state index in [0.717, 1.165) is 30.9 Å². The maximum atomic E-state index is 13.5. The predicted molar refractivity (Wildman–Crippen MR) is 160 cm³/mol. The first kappa shape index (κ1) is 28.8. The number of ether oxygens (including phenoxy) is 3. The van der Waals surface area contributed by atoms with E-state index in [1.54, 1.807) is 26.7 Å². The molecular formula is C33H37N3O8. The first-order chi connectivity index (χ1) is 21.2. The summed E-state index contributed by atoms with van der Waals surface area (Å²) in [6, 6.07) is 10.5. The summed E-state index contributed by atoms with van der Waals surface area (Å²) in [7, 11) is 3.36. The number of methoxy groups -OCH3 is 2. The molecule has 11 heteroatoms. The van der Waals surface area contributed by atoms with E-state index in [-0.39, 0.29) is 29.2 Å². The Morgan fingerprint density at radius 3 is 2.59 bits per heavy atom. The lowest BCUT2D eigenvalue weighted by atomic mass is 9.53. The molecule has 7 unspecified atom stereocenters. The highest BCUT2D eigenvalue weighted by atomic mass is 16.6. The molecule has 1 N–H and O–H groups in total. The van der Waals surface area contributed by atoms with Crippen molar-refractivity contribution in [1.82, 2.24) is 4.90 Å². The van der Waals surface area contributed by atoms with Crippen LogP contribution in [0.2, 0.25) is 0 Å². The minimum absolute atomic E-state index is 0.0242. The van der Waals surface area contributed by atoms with Crippen molar-refractivity contribution in [3.05, 3.63) is 69.3 Å². The summed E-state index contributed by atoms with van der Waals surface area (Å²) in [6.45, 7) is 4.57. The van der Waals surface area contributed by atoms with Gasteiger partial charge in [-0.25, -0.2) is 0 Å². The molecule has 11 nitrogen and oxygen atoms in total. The lowest BCUT2D eigenvalue weighted by molar-refractivity contribution is -0.384. The van der Waals surface area contributed by atoms with E-state index in [0.29, 0.717) is 48.6 Å². The molecule has 8 rings (SSSR count). The van der Waals surface area contributed by atoms with Gasteiger partial charge in [0.05, 0.1) is 55.9 Å². The van der Waals surface area contributed by atoms with Crippen LogP contribution < -0.4 is 14.4 Å². The summed E-state index contributed by atoms with van der Waals surface area (Å²) >= 11 is 0. The smallest absolute Gasteiger partial charge is 0.310 e. The van der Waals surface area contributed by atoms with Crippen molar-refractivity contribution in [2.75, 3.05) is 38.8 Å². The van der Waals surface area contributed by atoms with Gasteiger partial charge in [0, 0.05) is 42.1 Å². The number of carboxylic acid groups (broad SMARTS) is 1. The highest BCUT2D eigenvalue weighted by molar-refractivity contribution is 5.99. The summed E-state index contributed by atoms with van der Waals surface area (Å²) in [4.78, 5) is 38.9. The minimum atomic E-state index is -0.911. The van der Waals surface area contributed by atoms with E-state index in [4.69, 9.17) is 19.3 Å². The molecule has 6 aliphatic rings. The van der Waals surface area contributed by atoms with E-state index in [2.05, 4.69) is 21.9 Å². The lowest BCUT2D eigenvalue weighted by Crippen LogP contribution is -2.69. The van der Waals surface area contributed by atoms with E-state index >= 15 is 0 Å². The van der Waals surface area contributed by atoms with Gasteiger partial charge in [0.1, 0.15) is 0 Å². The van der Waals surface area contributed by atoms with Gasteiger partial charge in [-0.2, -0.15) is 0 Å². The number of nitro benzene ring substituents is 1. The molecule has 5 aliphatic heterocycles. The average molecular weight is 604 g/mol. The highest BCUT2D eigenvalue weighted by Gasteiger charge is 2.71. The molecule has 2 aromatic carbocycles. The number of anilines is 1. The Bertz CT molecular complexity index is 1560. The fourth-order valence-corrected chi connectivity index (χ4v) is 9.25. The molecule has 4 fully saturated rings. The molecule has 3 saturated heterocycles. The number of non-ortho nitro benzene ring substituents is 1. The van der Waals surface area contributed by atoms with Crippen molar-refractivity contribution in [2.45, 2.75) is 62.1 Å². The SMILES string of the molecule is CCC(C(=O)O)c1ccc([N+](=O)[O-])cc1.COc1cc2c(cc1OC)C13CCN4CC5=CCOC6CC(=O)N2C1C6C5CC43. The molecule has 7 atom stereocenters. The van der Waals surface area contributed by atoms with Crippen LogP contribution in [0.15, 0.2) is 48.0 Å². The molecule has 232 valence electrons. The molecule has 1 saturated carbocycles. The lowest BCUT2D eigenvalue weighted by Gasteiger charge is -2.58. The van der Waals surface area contributed by atoms with Crippen LogP contribution >= 0.6 is 0 Å². The number of nitro groups is 1. The van der Waals surface area contributed by atoms with E-state index in [9.17, 15) is 19.7 Å². The number of nitrogens with zero attached hydrogens (tertiary/aromatic N) is 3. The minimum Gasteiger partial charge on any atom is -0.493 e. The maximum Gasteiger partial charge on any atom is 0.310 e. The zero-order valence-corrected chi connectivity index (χ0v) is 25.1. The molecule has 5 heterocycles. The van der Waals surface area contributed by atoms with Gasteiger partial charge in [-0.05, 0) is 48.9 Å². The third-order valence-electron chi connectivity index (χ3n) is 11.0. The van der Waals surface area contributed by atoms with Gasteiger partial charge in [-0.15, -0.1) is 0 Å². The first-order valence-corrected chi connectivity index (χ1v) is 15.3. The number of hydrogen-bond donors (Lipinski definition) is 1.